The number of rotatable bonds is 7. The fourth-order valence-corrected chi connectivity index (χ4v) is 5.01. The van der Waals surface area contributed by atoms with E-state index in [0.29, 0.717) is 32.1 Å². The van der Waals surface area contributed by atoms with Crippen molar-refractivity contribution in [2.24, 2.45) is 0 Å². The molecule has 0 aromatic heterocycles. The smallest absolute Gasteiger partial charge is 0.258 e. The van der Waals surface area contributed by atoms with Crippen LogP contribution < -0.4 is 10.1 Å². The van der Waals surface area contributed by atoms with Crippen molar-refractivity contribution >= 4 is 15.9 Å². The summed E-state index contributed by atoms with van der Waals surface area (Å²) in [7, 11) is -3.55. The Morgan fingerprint density at radius 1 is 1.06 bits per heavy atom. The minimum Gasteiger partial charge on any atom is -0.484 e. The third kappa shape index (κ3) is 5.64. The predicted molar refractivity (Wildman–Crippen MR) is 119 cm³/mol. The fourth-order valence-electron chi connectivity index (χ4n) is 3.60. The van der Waals surface area contributed by atoms with E-state index in [4.69, 9.17) is 9.47 Å². The van der Waals surface area contributed by atoms with Gasteiger partial charge in [-0.15, -0.1) is 0 Å². The lowest BCUT2D eigenvalue weighted by Gasteiger charge is -2.26. The molecule has 7 nitrogen and oxygen atoms in total. The molecule has 8 heteroatoms. The van der Waals surface area contributed by atoms with Crippen molar-refractivity contribution in [1.29, 1.82) is 0 Å². The van der Waals surface area contributed by atoms with E-state index in [0.717, 1.165) is 11.1 Å². The summed E-state index contributed by atoms with van der Waals surface area (Å²) in [6, 6.07) is 10.2. The van der Waals surface area contributed by atoms with Crippen molar-refractivity contribution in [3.8, 4) is 5.75 Å². The number of hydrogen-bond donors (Lipinski definition) is 1. The standard InChI is InChI=1S/C23H30N2O5S/c1-16-13-18(3)22(14-17(16)2)19(4)24-23(26)15-30-20-5-7-21(8-6-20)31(27,28)25-9-11-29-12-10-25/h5-8,13-14,19H,9-12,15H2,1-4H3,(H,24,26)/t19-/m1/s1. The Morgan fingerprint density at radius 3 is 2.32 bits per heavy atom. The molecule has 0 aliphatic carbocycles. The number of sulfonamides is 1. The van der Waals surface area contributed by atoms with Gasteiger partial charge < -0.3 is 14.8 Å². The fraction of sp³-hybridized carbons (Fsp3) is 0.435. The molecule has 0 spiro atoms. The quantitative estimate of drug-likeness (QED) is 0.707. The molecule has 1 aliphatic heterocycles. The second-order valence-corrected chi connectivity index (χ2v) is 9.80. The SMILES string of the molecule is Cc1cc(C)c([C@@H](C)NC(=O)COc2ccc(S(=O)(=O)N3CCOCC3)cc2)cc1C. The maximum absolute atomic E-state index is 12.7. The highest BCUT2D eigenvalue weighted by atomic mass is 32.2. The van der Waals surface area contributed by atoms with Crippen LogP contribution >= 0.6 is 0 Å². The number of hydrogen-bond acceptors (Lipinski definition) is 5. The predicted octanol–water partition coefficient (Wildman–Crippen LogP) is 2.89. The van der Waals surface area contributed by atoms with Crippen LogP contribution in [0.25, 0.3) is 0 Å². The van der Waals surface area contributed by atoms with E-state index in [9.17, 15) is 13.2 Å². The lowest BCUT2D eigenvalue weighted by atomic mass is 9.96. The molecule has 168 valence electrons. The van der Waals surface area contributed by atoms with Gasteiger partial charge in [-0.05, 0) is 74.2 Å². The Bertz CT molecular complexity index is 1030. The first-order valence-electron chi connectivity index (χ1n) is 10.4. The van der Waals surface area contributed by atoms with Crippen LogP contribution in [0.5, 0.6) is 5.75 Å². The van der Waals surface area contributed by atoms with Crippen LogP contribution in [-0.2, 0) is 19.6 Å². The third-order valence-corrected chi connectivity index (χ3v) is 7.44. The average molecular weight is 447 g/mol. The summed E-state index contributed by atoms with van der Waals surface area (Å²) in [5.41, 5.74) is 4.62. The molecule has 0 radical (unpaired) electrons. The first-order valence-corrected chi connectivity index (χ1v) is 11.8. The van der Waals surface area contributed by atoms with Crippen molar-refractivity contribution < 1.29 is 22.7 Å². The number of morpholine rings is 1. The number of carbonyl (C=O) groups is 1. The number of amides is 1. The zero-order valence-electron chi connectivity index (χ0n) is 18.5. The van der Waals surface area contributed by atoms with Crippen LogP contribution in [0.4, 0.5) is 0 Å². The van der Waals surface area contributed by atoms with Crippen LogP contribution in [0.3, 0.4) is 0 Å². The van der Waals surface area contributed by atoms with Gasteiger partial charge in [-0.1, -0.05) is 12.1 Å². The van der Waals surface area contributed by atoms with Gasteiger partial charge in [-0.3, -0.25) is 4.79 Å². The number of carbonyl (C=O) groups excluding carboxylic acids is 1. The van der Waals surface area contributed by atoms with Crippen molar-refractivity contribution in [2.75, 3.05) is 32.9 Å². The highest BCUT2D eigenvalue weighted by Gasteiger charge is 2.26. The Balaban J connectivity index is 1.56. The van der Waals surface area contributed by atoms with Gasteiger partial charge in [0.25, 0.3) is 5.91 Å². The lowest BCUT2D eigenvalue weighted by Crippen LogP contribution is -2.40. The molecule has 1 saturated heterocycles. The molecule has 1 heterocycles. The Kier molecular flexibility index (Phi) is 7.35. The second-order valence-electron chi connectivity index (χ2n) is 7.86. The van der Waals surface area contributed by atoms with Crippen LogP contribution in [0.2, 0.25) is 0 Å². The van der Waals surface area contributed by atoms with Gasteiger partial charge in [0.05, 0.1) is 24.2 Å². The van der Waals surface area contributed by atoms with E-state index in [-0.39, 0.29) is 23.5 Å². The van der Waals surface area contributed by atoms with Crippen LogP contribution in [-0.4, -0.2) is 51.5 Å². The number of benzene rings is 2. The van der Waals surface area contributed by atoms with E-state index < -0.39 is 10.0 Å². The molecular formula is C23H30N2O5S. The van der Waals surface area contributed by atoms with Crippen molar-refractivity contribution in [2.45, 2.75) is 38.6 Å². The highest BCUT2D eigenvalue weighted by molar-refractivity contribution is 7.89. The first kappa shape index (κ1) is 23.2. The minimum absolute atomic E-state index is 0.142. The third-order valence-electron chi connectivity index (χ3n) is 5.53. The first-order chi connectivity index (χ1) is 14.7. The van der Waals surface area contributed by atoms with Crippen LogP contribution in [0.15, 0.2) is 41.3 Å². The van der Waals surface area contributed by atoms with Gasteiger partial charge in [0.15, 0.2) is 6.61 Å². The van der Waals surface area contributed by atoms with E-state index >= 15 is 0 Å². The Hall–Kier alpha value is -2.42. The Morgan fingerprint density at radius 2 is 1.68 bits per heavy atom. The molecule has 1 N–H and O–H groups in total. The van der Waals surface area contributed by atoms with Gasteiger partial charge in [0.2, 0.25) is 10.0 Å². The van der Waals surface area contributed by atoms with E-state index in [1.165, 1.54) is 27.6 Å². The van der Waals surface area contributed by atoms with Crippen molar-refractivity contribution in [3.05, 3.63) is 58.7 Å². The molecule has 2 aromatic rings. The summed E-state index contributed by atoms with van der Waals surface area (Å²) in [6.07, 6.45) is 0. The largest absolute Gasteiger partial charge is 0.484 e. The van der Waals surface area contributed by atoms with Gasteiger partial charge >= 0.3 is 0 Å². The molecule has 3 rings (SSSR count). The van der Waals surface area contributed by atoms with Gasteiger partial charge in [0.1, 0.15) is 5.75 Å². The normalized spacial score (nSPS) is 16.0. The molecule has 31 heavy (non-hydrogen) atoms. The van der Waals surface area contributed by atoms with E-state index in [1.807, 2.05) is 13.8 Å². The maximum Gasteiger partial charge on any atom is 0.258 e. The molecule has 2 aromatic carbocycles. The molecule has 1 aliphatic rings. The van der Waals surface area contributed by atoms with Crippen LogP contribution in [0.1, 0.15) is 35.2 Å². The van der Waals surface area contributed by atoms with Gasteiger partial charge in [-0.2, -0.15) is 4.31 Å². The van der Waals surface area contributed by atoms with Gasteiger partial charge in [0, 0.05) is 13.1 Å². The summed E-state index contributed by atoms with van der Waals surface area (Å²) in [6.45, 7) is 9.44. The topological polar surface area (TPSA) is 84.9 Å². The summed E-state index contributed by atoms with van der Waals surface area (Å²) < 4.78 is 37.5. The number of nitrogens with one attached hydrogen (secondary N) is 1. The molecule has 1 fully saturated rings. The zero-order chi connectivity index (χ0) is 22.6. The molecule has 0 saturated carbocycles. The van der Waals surface area contributed by atoms with E-state index in [2.05, 4.69) is 31.3 Å². The van der Waals surface area contributed by atoms with Crippen LogP contribution in [0, 0.1) is 20.8 Å². The van der Waals surface area contributed by atoms with E-state index in [1.54, 1.807) is 12.1 Å². The van der Waals surface area contributed by atoms with Crippen molar-refractivity contribution in [3.63, 3.8) is 0 Å². The van der Waals surface area contributed by atoms with Crippen molar-refractivity contribution in [1.82, 2.24) is 9.62 Å². The van der Waals surface area contributed by atoms with Gasteiger partial charge in [-0.25, -0.2) is 8.42 Å². The molecular weight excluding hydrogens is 416 g/mol. The second kappa shape index (κ2) is 9.80. The Labute approximate surface area is 184 Å². The number of nitrogens with zero attached hydrogens (tertiary/aromatic N) is 1. The monoisotopic (exact) mass is 446 g/mol. The maximum atomic E-state index is 12.7. The molecule has 1 atom stereocenters. The number of aryl methyl sites for hydroxylation is 3. The zero-order valence-corrected chi connectivity index (χ0v) is 19.3. The minimum atomic E-state index is -3.55. The average Bonchev–Trinajstić information content (AvgIpc) is 2.75. The summed E-state index contributed by atoms with van der Waals surface area (Å²) in [5, 5.41) is 2.95. The lowest BCUT2D eigenvalue weighted by molar-refractivity contribution is -0.123. The summed E-state index contributed by atoms with van der Waals surface area (Å²) in [4.78, 5) is 12.5. The summed E-state index contributed by atoms with van der Waals surface area (Å²) in [5.74, 6) is 0.196. The number of ether oxygens (including phenoxy) is 2. The highest BCUT2D eigenvalue weighted by Crippen LogP contribution is 2.22. The molecule has 0 bridgehead atoms. The molecule has 1 amide bonds. The summed E-state index contributed by atoms with van der Waals surface area (Å²) >= 11 is 0. The molecule has 0 unspecified atom stereocenters.